The first kappa shape index (κ1) is 32.2. The van der Waals surface area contributed by atoms with Crippen LogP contribution < -0.4 is 15.6 Å². The van der Waals surface area contributed by atoms with E-state index in [4.69, 9.17) is 9.47 Å². The maximum Gasteiger partial charge on any atom is 0.410 e. The number of nitrogens with zero attached hydrogens (tertiary/aromatic N) is 5. The number of hydrogen-bond acceptors (Lipinski definition) is 9. The van der Waals surface area contributed by atoms with Crippen molar-refractivity contribution in [2.75, 3.05) is 52.2 Å². The van der Waals surface area contributed by atoms with Gasteiger partial charge in [0.2, 0.25) is 0 Å². The second-order valence-corrected chi connectivity index (χ2v) is 14.4. The molecule has 1 aromatic carbocycles. The van der Waals surface area contributed by atoms with Gasteiger partial charge in [0.05, 0.1) is 0 Å². The molecule has 11 nitrogen and oxygen atoms in total. The van der Waals surface area contributed by atoms with Crippen LogP contribution in [0.25, 0.3) is 4.96 Å². The number of aromatic nitrogens is 2. The molecule has 13 heteroatoms. The number of rotatable bonds is 7. The highest BCUT2D eigenvalue weighted by atomic mass is 79.9. The molecule has 2 saturated heterocycles. The first-order valence-corrected chi connectivity index (χ1v) is 16.6. The van der Waals surface area contributed by atoms with E-state index in [2.05, 4.69) is 50.3 Å². The van der Waals surface area contributed by atoms with Gasteiger partial charge in [-0.05, 0) is 86.6 Å². The van der Waals surface area contributed by atoms with Gasteiger partial charge in [-0.15, -0.1) is 11.3 Å². The third-order valence-electron chi connectivity index (χ3n) is 8.15. The fourth-order valence-electron chi connectivity index (χ4n) is 5.87. The minimum absolute atomic E-state index is 0.0273. The van der Waals surface area contributed by atoms with E-state index in [1.807, 2.05) is 38.3 Å². The summed E-state index contributed by atoms with van der Waals surface area (Å²) in [5, 5.41) is 5.35. The summed E-state index contributed by atoms with van der Waals surface area (Å²) in [5.41, 5.74) is 0.533. The molecular formula is C31H41BrN6O5S. The highest BCUT2D eigenvalue weighted by Gasteiger charge is 2.31. The minimum Gasteiger partial charge on any atom is -0.484 e. The molecule has 0 bridgehead atoms. The van der Waals surface area contributed by atoms with E-state index in [1.54, 1.807) is 27.4 Å². The smallest absolute Gasteiger partial charge is 0.410 e. The van der Waals surface area contributed by atoms with Gasteiger partial charge in [-0.2, -0.15) is 0 Å². The van der Waals surface area contributed by atoms with E-state index in [1.165, 1.54) is 16.9 Å². The Morgan fingerprint density at radius 2 is 1.86 bits per heavy atom. The Kier molecular flexibility index (Phi) is 9.86. The average Bonchev–Trinajstić information content (AvgIpc) is 3.46. The van der Waals surface area contributed by atoms with Crippen LogP contribution in [0, 0.1) is 0 Å². The lowest BCUT2D eigenvalue weighted by Gasteiger charge is -2.37. The zero-order chi connectivity index (χ0) is 31.6. The SMILES string of the molecule is CN1C[C@H](Nc2nc3sccn3c(=O)c2Br)C[C@H](c2ccc(OCC(=O)N3CCC(N(C)C(=O)OC(C)(C)C)CC3)cc2)C1. The van der Waals surface area contributed by atoms with Crippen LogP contribution in [0.5, 0.6) is 5.75 Å². The topological polar surface area (TPSA) is 109 Å². The number of amides is 2. The number of piperidine rings is 2. The molecule has 0 aliphatic carbocycles. The van der Waals surface area contributed by atoms with Gasteiger partial charge in [-0.1, -0.05) is 12.1 Å². The number of halogens is 1. The van der Waals surface area contributed by atoms with Crippen LogP contribution in [0.1, 0.15) is 51.5 Å². The van der Waals surface area contributed by atoms with Gasteiger partial charge in [-0.25, -0.2) is 9.78 Å². The normalized spacial score (nSPS) is 20.0. The maximum atomic E-state index is 12.9. The summed E-state index contributed by atoms with van der Waals surface area (Å²) >= 11 is 4.87. The lowest BCUT2D eigenvalue weighted by Crippen LogP contribution is -2.49. The fraction of sp³-hybridized carbons (Fsp3) is 0.548. The van der Waals surface area contributed by atoms with Crippen molar-refractivity contribution < 1.29 is 19.1 Å². The number of likely N-dealkylation sites (N-methyl/N-ethyl adjacent to an activating group) is 1. The highest BCUT2D eigenvalue weighted by Crippen LogP contribution is 2.30. The van der Waals surface area contributed by atoms with Crippen LogP contribution in [-0.2, 0) is 9.53 Å². The molecule has 2 aliphatic rings. The zero-order valence-corrected chi connectivity index (χ0v) is 28.3. The second kappa shape index (κ2) is 13.5. The lowest BCUT2D eigenvalue weighted by molar-refractivity contribution is -0.134. The molecule has 238 valence electrons. The average molecular weight is 690 g/mol. The summed E-state index contributed by atoms with van der Waals surface area (Å²) in [6.07, 6.45) is 3.69. The maximum absolute atomic E-state index is 12.9. The summed E-state index contributed by atoms with van der Waals surface area (Å²) in [7, 11) is 3.86. The molecule has 5 rings (SSSR count). The largest absolute Gasteiger partial charge is 0.484 e. The Bertz CT molecular complexity index is 1530. The molecule has 44 heavy (non-hydrogen) atoms. The quantitative estimate of drug-likeness (QED) is 0.382. The predicted octanol–water partition coefficient (Wildman–Crippen LogP) is 4.66. The Hall–Kier alpha value is -3.16. The number of hydrogen-bond donors (Lipinski definition) is 1. The van der Waals surface area contributed by atoms with Gasteiger partial charge in [0.15, 0.2) is 11.6 Å². The monoisotopic (exact) mass is 688 g/mol. The van der Waals surface area contributed by atoms with Gasteiger partial charge in [0.1, 0.15) is 21.6 Å². The molecule has 2 amide bonds. The second-order valence-electron chi connectivity index (χ2n) is 12.7. The number of fused-ring (bicyclic) bond motifs is 1. The van der Waals surface area contributed by atoms with Crippen molar-refractivity contribution in [3.63, 3.8) is 0 Å². The van der Waals surface area contributed by atoms with Crippen LogP contribution in [0.15, 0.2) is 45.1 Å². The third kappa shape index (κ3) is 7.73. The van der Waals surface area contributed by atoms with Crippen LogP contribution in [0.3, 0.4) is 0 Å². The van der Waals surface area contributed by atoms with Crippen LogP contribution in [-0.4, -0.2) is 101 Å². The Balaban J connectivity index is 1.11. The van der Waals surface area contributed by atoms with Crippen LogP contribution in [0.2, 0.25) is 0 Å². The highest BCUT2D eigenvalue weighted by molar-refractivity contribution is 9.10. The van der Waals surface area contributed by atoms with Gasteiger partial charge in [0.25, 0.3) is 11.5 Å². The van der Waals surface area contributed by atoms with E-state index < -0.39 is 5.60 Å². The van der Waals surface area contributed by atoms with E-state index in [-0.39, 0.29) is 42.2 Å². The molecule has 1 N–H and O–H groups in total. The fourth-order valence-corrected chi connectivity index (χ4v) is 6.97. The van der Waals surface area contributed by atoms with E-state index >= 15 is 0 Å². The van der Waals surface area contributed by atoms with Crippen molar-refractivity contribution in [2.24, 2.45) is 0 Å². The molecule has 4 heterocycles. The lowest BCUT2D eigenvalue weighted by atomic mass is 9.88. The molecular weight excluding hydrogens is 648 g/mol. The number of carbonyl (C=O) groups excluding carboxylic acids is 2. The third-order valence-corrected chi connectivity index (χ3v) is 9.62. The van der Waals surface area contributed by atoms with Crippen LogP contribution in [0.4, 0.5) is 10.6 Å². The molecule has 0 radical (unpaired) electrons. The van der Waals surface area contributed by atoms with Crippen molar-refractivity contribution in [3.05, 3.63) is 56.2 Å². The van der Waals surface area contributed by atoms with E-state index in [9.17, 15) is 14.4 Å². The number of thiazole rings is 1. The first-order valence-electron chi connectivity index (χ1n) is 14.9. The van der Waals surface area contributed by atoms with Gasteiger partial charge >= 0.3 is 6.09 Å². The van der Waals surface area contributed by atoms with Crippen molar-refractivity contribution in [2.45, 2.75) is 63.6 Å². The summed E-state index contributed by atoms with van der Waals surface area (Å²) in [4.78, 5) is 49.0. The van der Waals surface area contributed by atoms with Crippen molar-refractivity contribution in [3.8, 4) is 5.75 Å². The van der Waals surface area contributed by atoms with Gasteiger partial charge < -0.3 is 29.5 Å². The van der Waals surface area contributed by atoms with Crippen molar-refractivity contribution in [1.82, 2.24) is 24.1 Å². The molecule has 0 spiro atoms. The number of benzene rings is 1. The van der Waals surface area contributed by atoms with Gasteiger partial charge in [0, 0.05) is 56.9 Å². The predicted molar refractivity (Wildman–Crippen MR) is 175 cm³/mol. The number of carbonyl (C=O) groups is 2. The molecule has 2 fully saturated rings. The summed E-state index contributed by atoms with van der Waals surface area (Å²) < 4.78 is 13.3. The summed E-state index contributed by atoms with van der Waals surface area (Å²) in [6.45, 7) is 8.44. The molecule has 3 aromatic rings. The van der Waals surface area contributed by atoms with Crippen molar-refractivity contribution >= 4 is 50.0 Å². The van der Waals surface area contributed by atoms with E-state index in [0.717, 1.165) is 19.5 Å². The minimum atomic E-state index is -0.539. The molecule has 2 atom stereocenters. The number of nitrogens with one attached hydrogen (secondary N) is 1. The molecule has 0 saturated carbocycles. The zero-order valence-electron chi connectivity index (χ0n) is 25.9. The first-order chi connectivity index (χ1) is 20.9. The number of ether oxygens (including phenoxy) is 2. The van der Waals surface area contributed by atoms with Crippen LogP contribution >= 0.6 is 27.3 Å². The van der Waals surface area contributed by atoms with E-state index in [0.29, 0.717) is 46.9 Å². The Morgan fingerprint density at radius 1 is 1.16 bits per heavy atom. The number of likely N-dealkylation sites (tertiary alicyclic amines) is 2. The summed E-state index contributed by atoms with van der Waals surface area (Å²) in [6, 6.07) is 8.14. The molecule has 2 aliphatic heterocycles. The Labute approximate surface area is 270 Å². The molecule has 2 aromatic heterocycles. The standard InChI is InChI=1S/C31H41BrN6O5S/c1-31(2,3)43-30(41)36(5)23-10-12-37(13-11-23)25(39)19-42-24-8-6-20(7-9-24)21-16-22(18-35(4)17-21)33-27-26(32)28(40)38-14-15-44-29(38)34-27/h6-9,14-15,21-23,33H,10-13,16-19H2,1-5H3/t21-,22+/m0/s1. The van der Waals surface area contributed by atoms with Crippen molar-refractivity contribution in [1.29, 1.82) is 0 Å². The summed E-state index contributed by atoms with van der Waals surface area (Å²) in [5.74, 6) is 1.45. The van der Waals surface area contributed by atoms with Gasteiger partial charge in [-0.3, -0.25) is 14.0 Å². The Morgan fingerprint density at radius 3 is 2.55 bits per heavy atom. The number of anilines is 1. The molecule has 0 unspecified atom stereocenters.